The monoisotopic (exact) mass is 211 g/mol. The number of nitrogens with zero attached hydrogens (tertiary/aromatic N) is 1. The predicted octanol–water partition coefficient (Wildman–Crippen LogP) is 1.75. The van der Waals surface area contributed by atoms with E-state index in [0.29, 0.717) is 25.1 Å². The summed E-state index contributed by atoms with van der Waals surface area (Å²) in [6.07, 6.45) is 3.01. The predicted molar refractivity (Wildman–Crippen MR) is 56.6 cm³/mol. The minimum absolute atomic E-state index is 0.352. The average Bonchev–Trinajstić information content (AvgIpc) is 2.15. The number of rotatable bonds is 1. The van der Waals surface area contributed by atoms with E-state index in [2.05, 4.69) is 0 Å². The minimum Gasteiger partial charge on any atom is -0.444 e. The smallest absolute Gasteiger partial charge is 0.410 e. The number of carbonyl (C=O) groups excluding carboxylic acids is 2. The molecule has 1 rings (SSSR count). The van der Waals surface area contributed by atoms with Crippen LogP contribution in [0, 0.1) is 0 Å². The fraction of sp³-hybridized carbons (Fsp3) is 0.636. The second kappa shape index (κ2) is 4.47. The highest BCUT2D eigenvalue weighted by atomic mass is 16.6. The Hall–Kier alpha value is -1.32. The topological polar surface area (TPSA) is 46.6 Å². The lowest BCUT2D eigenvalue weighted by atomic mass is 10.1. The molecule has 1 amide bonds. The zero-order valence-electron chi connectivity index (χ0n) is 9.45. The first-order valence-electron chi connectivity index (χ1n) is 5.04. The third kappa shape index (κ3) is 3.73. The van der Waals surface area contributed by atoms with Gasteiger partial charge in [-0.2, -0.15) is 0 Å². The maximum absolute atomic E-state index is 11.6. The van der Waals surface area contributed by atoms with E-state index >= 15 is 0 Å². The van der Waals surface area contributed by atoms with E-state index in [-0.39, 0.29) is 6.09 Å². The van der Waals surface area contributed by atoms with Crippen LogP contribution in [0.4, 0.5) is 4.79 Å². The molecular formula is C11H17NO3. The van der Waals surface area contributed by atoms with Crippen LogP contribution in [0.2, 0.25) is 0 Å². The highest BCUT2D eigenvalue weighted by Crippen LogP contribution is 2.14. The maximum atomic E-state index is 11.6. The largest absolute Gasteiger partial charge is 0.444 e. The molecule has 0 bridgehead atoms. The lowest BCUT2D eigenvalue weighted by Gasteiger charge is -2.29. The van der Waals surface area contributed by atoms with Crippen molar-refractivity contribution in [3.05, 3.63) is 11.6 Å². The van der Waals surface area contributed by atoms with Crippen LogP contribution in [-0.2, 0) is 9.53 Å². The summed E-state index contributed by atoms with van der Waals surface area (Å²) in [4.78, 5) is 23.8. The molecule has 0 radical (unpaired) electrons. The van der Waals surface area contributed by atoms with E-state index in [9.17, 15) is 9.59 Å². The molecule has 0 saturated carbocycles. The Bertz CT molecular complexity index is 289. The Morgan fingerprint density at radius 2 is 2.20 bits per heavy atom. The van der Waals surface area contributed by atoms with Crippen LogP contribution in [0.25, 0.3) is 0 Å². The SMILES string of the molecule is CC(C)(C)OC(=O)N1CCC=C(C=O)C1. The summed E-state index contributed by atoms with van der Waals surface area (Å²) in [5.41, 5.74) is 0.159. The van der Waals surface area contributed by atoms with Crippen LogP contribution in [0.1, 0.15) is 27.2 Å². The fourth-order valence-corrected chi connectivity index (χ4v) is 1.34. The molecule has 0 N–H and O–H groups in total. The van der Waals surface area contributed by atoms with E-state index in [1.54, 1.807) is 4.90 Å². The van der Waals surface area contributed by atoms with Gasteiger partial charge in [-0.15, -0.1) is 0 Å². The summed E-state index contributed by atoms with van der Waals surface area (Å²) in [7, 11) is 0. The first kappa shape index (κ1) is 11.8. The fourth-order valence-electron chi connectivity index (χ4n) is 1.34. The van der Waals surface area contributed by atoms with Gasteiger partial charge < -0.3 is 9.64 Å². The first-order valence-corrected chi connectivity index (χ1v) is 5.04. The van der Waals surface area contributed by atoms with Crippen molar-refractivity contribution >= 4 is 12.4 Å². The highest BCUT2D eigenvalue weighted by molar-refractivity contribution is 5.77. The van der Waals surface area contributed by atoms with Crippen molar-refractivity contribution in [2.45, 2.75) is 32.8 Å². The van der Waals surface area contributed by atoms with Gasteiger partial charge in [0.05, 0.1) is 6.54 Å². The van der Waals surface area contributed by atoms with Gasteiger partial charge in [0.2, 0.25) is 0 Å². The molecule has 0 unspecified atom stereocenters. The van der Waals surface area contributed by atoms with Gasteiger partial charge in [0.25, 0.3) is 0 Å². The Morgan fingerprint density at radius 3 is 2.73 bits per heavy atom. The third-order valence-corrected chi connectivity index (χ3v) is 1.98. The Kier molecular flexibility index (Phi) is 3.50. The van der Waals surface area contributed by atoms with Gasteiger partial charge in [-0.1, -0.05) is 6.08 Å². The van der Waals surface area contributed by atoms with Crippen LogP contribution in [0.5, 0.6) is 0 Å². The van der Waals surface area contributed by atoms with E-state index < -0.39 is 5.60 Å². The van der Waals surface area contributed by atoms with Gasteiger partial charge in [0.1, 0.15) is 11.9 Å². The van der Waals surface area contributed by atoms with Gasteiger partial charge in [-0.05, 0) is 27.2 Å². The van der Waals surface area contributed by atoms with Crippen LogP contribution in [-0.4, -0.2) is 36.0 Å². The van der Waals surface area contributed by atoms with Crippen molar-refractivity contribution in [3.63, 3.8) is 0 Å². The van der Waals surface area contributed by atoms with Crippen LogP contribution in [0.15, 0.2) is 11.6 Å². The summed E-state index contributed by atoms with van der Waals surface area (Å²) < 4.78 is 5.21. The second-order valence-corrected chi connectivity index (χ2v) is 4.59. The molecule has 1 aliphatic heterocycles. The molecule has 4 nitrogen and oxygen atoms in total. The van der Waals surface area contributed by atoms with Gasteiger partial charge >= 0.3 is 6.09 Å². The van der Waals surface area contributed by atoms with Crippen molar-refractivity contribution in [3.8, 4) is 0 Å². The number of hydrogen-bond acceptors (Lipinski definition) is 3. The maximum Gasteiger partial charge on any atom is 0.410 e. The van der Waals surface area contributed by atoms with Crippen LogP contribution in [0.3, 0.4) is 0 Å². The zero-order chi connectivity index (χ0) is 11.5. The van der Waals surface area contributed by atoms with E-state index in [4.69, 9.17) is 4.74 Å². The third-order valence-electron chi connectivity index (χ3n) is 1.98. The lowest BCUT2D eigenvalue weighted by molar-refractivity contribution is -0.105. The standard InChI is InChI=1S/C11H17NO3/c1-11(2,3)15-10(14)12-6-4-5-9(7-12)8-13/h5,8H,4,6-7H2,1-3H3. The first-order chi connectivity index (χ1) is 6.92. The molecule has 0 aromatic carbocycles. The molecule has 0 atom stereocenters. The molecule has 1 heterocycles. The van der Waals surface area contributed by atoms with Gasteiger partial charge in [0, 0.05) is 12.1 Å². The van der Waals surface area contributed by atoms with Crippen molar-refractivity contribution in [1.82, 2.24) is 4.90 Å². The molecule has 0 fully saturated rings. The zero-order valence-corrected chi connectivity index (χ0v) is 9.45. The molecule has 1 aliphatic rings. The second-order valence-electron chi connectivity index (χ2n) is 4.59. The van der Waals surface area contributed by atoms with Crippen molar-refractivity contribution in [1.29, 1.82) is 0 Å². The van der Waals surface area contributed by atoms with Crippen molar-refractivity contribution < 1.29 is 14.3 Å². The number of ether oxygens (including phenoxy) is 1. The molecular weight excluding hydrogens is 194 g/mol. The van der Waals surface area contributed by atoms with Crippen LogP contribution >= 0.6 is 0 Å². The summed E-state index contributed by atoms with van der Waals surface area (Å²) in [6, 6.07) is 0. The normalized spacial score (nSPS) is 17.0. The molecule has 0 saturated heterocycles. The van der Waals surface area contributed by atoms with Gasteiger partial charge in [-0.3, -0.25) is 4.79 Å². The molecule has 0 aliphatic carbocycles. The molecule has 0 aromatic heterocycles. The number of carbonyl (C=O) groups is 2. The summed E-state index contributed by atoms with van der Waals surface area (Å²) >= 11 is 0. The molecule has 0 spiro atoms. The average molecular weight is 211 g/mol. The minimum atomic E-state index is -0.487. The Balaban J connectivity index is 2.55. The van der Waals surface area contributed by atoms with Crippen molar-refractivity contribution in [2.75, 3.05) is 13.1 Å². The molecule has 15 heavy (non-hydrogen) atoms. The molecule has 84 valence electrons. The lowest BCUT2D eigenvalue weighted by Crippen LogP contribution is -2.40. The number of aldehydes is 1. The quantitative estimate of drug-likeness (QED) is 0.621. The van der Waals surface area contributed by atoms with Gasteiger partial charge in [0.15, 0.2) is 0 Å². The number of hydrogen-bond donors (Lipinski definition) is 0. The summed E-state index contributed by atoms with van der Waals surface area (Å²) in [5, 5.41) is 0. The summed E-state index contributed by atoms with van der Waals surface area (Å²) in [6.45, 7) is 6.45. The Morgan fingerprint density at radius 1 is 1.53 bits per heavy atom. The highest BCUT2D eigenvalue weighted by Gasteiger charge is 2.23. The molecule has 0 aromatic rings. The molecule has 4 heteroatoms. The van der Waals surface area contributed by atoms with E-state index in [0.717, 1.165) is 6.29 Å². The van der Waals surface area contributed by atoms with Gasteiger partial charge in [-0.25, -0.2) is 4.79 Å². The summed E-state index contributed by atoms with van der Waals surface area (Å²) in [5.74, 6) is 0. The van der Waals surface area contributed by atoms with E-state index in [1.165, 1.54) is 0 Å². The van der Waals surface area contributed by atoms with Crippen molar-refractivity contribution in [2.24, 2.45) is 0 Å². The number of amides is 1. The van der Waals surface area contributed by atoms with E-state index in [1.807, 2.05) is 26.8 Å². The van der Waals surface area contributed by atoms with Crippen LogP contribution < -0.4 is 0 Å². The Labute approximate surface area is 89.9 Å².